The maximum Gasteiger partial charge on any atom is 0.231 e. The van der Waals surface area contributed by atoms with Crippen LogP contribution < -0.4 is 10.1 Å². The van der Waals surface area contributed by atoms with Gasteiger partial charge in [-0.15, -0.1) is 0 Å². The summed E-state index contributed by atoms with van der Waals surface area (Å²) >= 11 is 3.47. The lowest BCUT2D eigenvalue weighted by atomic mass is 9.73. The van der Waals surface area contributed by atoms with E-state index in [1.165, 1.54) is 0 Å². The molecular weight excluding hydrogens is 408 g/mol. The minimum atomic E-state index is -0.568. The Labute approximate surface area is 168 Å². The molecule has 1 aromatic carbocycles. The van der Waals surface area contributed by atoms with Gasteiger partial charge in [0, 0.05) is 35.0 Å². The number of amides is 1. The van der Waals surface area contributed by atoms with Crippen molar-refractivity contribution in [3.8, 4) is 5.75 Å². The highest BCUT2D eigenvalue weighted by atomic mass is 79.9. The maximum absolute atomic E-state index is 13.3. The fourth-order valence-electron chi connectivity index (χ4n) is 3.72. The lowest BCUT2D eigenvalue weighted by Crippen LogP contribution is -2.47. The maximum atomic E-state index is 13.3. The number of nitrogens with zero attached hydrogens (tertiary/aromatic N) is 1. The van der Waals surface area contributed by atoms with Gasteiger partial charge >= 0.3 is 0 Å². The Hall–Kier alpha value is -1.92. The van der Waals surface area contributed by atoms with Crippen LogP contribution in [0.4, 0.5) is 0 Å². The predicted molar refractivity (Wildman–Crippen MR) is 108 cm³/mol. The average molecular weight is 433 g/mol. The summed E-state index contributed by atoms with van der Waals surface area (Å²) in [6.45, 7) is 5.48. The molecule has 1 saturated heterocycles. The second-order valence-corrected chi connectivity index (χ2v) is 7.85. The highest BCUT2D eigenvalue weighted by Crippen LogP contribution is 2.36. The molecule has 0 spiro atoms. The van der Waals surface area contributed by atoms with E-state index >= 15 is 0 Å². The standard InChI is InChI=1S/C21H25BrN2O3/c1-14-12-23-18(15(2)19(14)26-3)13-24-20(25)21(8-10-27-11-9-21)16-4-6-17(22)7-5-16/h4-7,12H,8-11,13H2,1-3H3,(H,24,25). The van der Waals surface area contributed by atoms with Crippen molar-refractivity contribution < 1.29 is 14.3 Å². The van der Waals surface area contributed by atoms with Gasteiger partial charge in [0.2, 0.25) is 5.91 Å². The number of aryl methyl sites for hydroxylation is 1. The van der Waals surface area contributed by atoms with Gasteiger partial charge in [-0.05, 0) is 44.4 Å². The van der Waals surface area contributed by atoms with E-state index in [2.05, 4.69) is 26.2 Å². The molecule has 1 aliphatic rings. The molecule has 0 atom stereocenters. The number of aromatic nitrogens is 1. The summed E-state index contributed by atoms with van der Waals surface area (Å²) in [4.78, 5) is 17.8. The Morgan fingerprint density at radius 2 is 1.93 bits per heavy atom. The van der Waals surface area contributed by atoms with Crippen molar-refractivity contribution in [2.75, 3.05) is 20.3 Å². The lowest BCUT2D eigenvalue weighted by molar-refractivity contribution is -0.130. The molecule has 0 bridgehead atoms. The third-order valence-corrected chi connectivity index (χ3v) is 5.87. The second-order valence-electron chi connectivity index (χ2n) is 6.93. The first-order chi connectivity index (χ1) is 13.0. The van der Waals surface area contributed by atoms with Crippen molar-refractivity contribution in [2.45, 2.75) is 38.6 Å². The van der Waals surface area contributed by atoms with Crippen LogP contribution in [0.5, 0.6) is 5.75 Å². The van der Waals surface area contributed by atoms with Crippen LogP contribution in [0.1, 0.15) is 35.2 Å². The highest BCUT2D eigenvalue weighted by molar-refractivity contribution is 9.10. The summed E-state index contributed by atoms with van der Waals surface area (Å²) in [5.41, 5.74) is 3.23. The van der Waals surface area contributed by atoms with Gasteiger partial charge < -0.3 is 14.8 Å². The SMILES string of the molecule is COc1c(C)cnc(CNC(=O)C2(c3ccc(Br)cc3)CCOCC2)c1C. The number of carbonyl (C=O) groups excluding carboxylic acids is 1. The van der Waals surface area contributed by atoms with Crippen LogP contribution in [-0.2, 0) is 21.5 Å². The van der Waals surface area contributed by atoms with Crippen molar-refractivity contribution in [1.29, 1.82) is 0 Å². The molecule has 2 heterocycles. The zero-order chi connectivity index (χ0) is 19.4. The van der Waals surface area contributed by atoms with Crippen molar-refractivity contribution >= 4 is 21.8 Å². The van der Waals surface area contributed by atoms with Gasteiger partial charge in [-0.25, -0.2) is 0 Å². The summed E-state index contributed by atoms with van der Waals surface area (Å²) < 4.78 is 12.0. The van der Waals surface area contributed by atoms with E-state index in [0.29, 0.717) is 32.6 Å². The molecular formula is C21H25BrN2O3. The van der Waals surface area contributed by atoms with E-state index < -0.39 is 5.41 Å². The molecule has 27 heavy (non-hydrogen) atoms. The van der Waals surface area contributed by atoms with Crippen LogP contribution in [0.15, 0.2) is 34.9 Å². The van der Waals surface area contributed by atoms with E-state index in [4.69, 9.17) is 9.47 Å². The molecule has 1 aliphatic heterocycles. The molecule has 0 aliphatic carbocycles. The first-order valence-electron chi connectivity index (χ1n) is 9.09. The Balaban J connectivity index is 1.83. The predicted octanol–water partition coefficient (Wildman–Crippen LogP) is 3.83. The highest BCUT2D eigenvalue weighted by Gasteiger charge is 2.41. The second kappa shape index (κ2) is 8.40. The number of benzene rings is 1. The number of rotatable bonds is 5. The molecule has 0 radical (unpaired) electrons. The van der Waals surface area contributed by atoms with Gasteiger partial charge in [-0.2, -0.15) is 0 Å². The molecule has 0 unspecified atom stereocenters. The first-order valence-corrected chi connectivity index (χ1v) is 9.88. The molecule has 1 amide bonds. The number of carbonyl (C=O) groups is 1. The molecule has 1 aromatic heterocycles. The molecule has 0 saturated carbocycles. The van der Waals surface area contributed by atoms with Crippen LogP contribution >= 0.6 is 15.9 Å². The van der Waals surface area contributed by atoms with Gasteiger partial charge in [0.15, 0.2) is 0 Å². The monoisotopic (exact) mass is 432 g/mol. The lowest BCUT2D eigenvalue weighted by Gasteiger charge is -2.36. The Morgan fingerprint density at radius 1 is 1.26 bits per heavy atom. The quantitative estimate of drug-likeness (QED) is 0.779. The number of pyridine rings is 1. The summed E-state index contributed by atoms with van der Waals surface area (Å²) in [6, 6.07) is 8.01. The van der Waals surface area contributed by atoms with E-state index in [1.54, 1.807) is 13.3 Å². The fourth-order valence-corrected chi connectivity index (χ4v) is 3.98. The number of nitrogens with one attached hydrogen (secondary N) is 1. The number of halogens is 1. The fraction of sp³-hybridized carbons (Fsp3) is 0.429. The van der Waals surface area contributed by atoms with E-state index in [9.17, 15) is 4.79 Å². The summed E-state index contributed by atoms with van der Waals surface area (Å²) in [6.07, 6.45) is 3.13. The molecule has 5 nitrogen and oxygen atoms in total. The third kappa shape index (κ3) is 4.01. The summed E-state index contributed by atoms with van der Waals surface area (Å²) in [5.74, 6) is 0.844. The van der Waals surface area contributed by atoms with Crippen LogP contribution in [0, 0.1) is 13.8 Å². The zero-order valence-corrected chi connectivity index (χ0v) is 17.6. The van der Waals surface area contributed by atoms with Crippen LogP contribution in [0.25, 0.3) is 0 Å². The smallest absolute Gasteiger partial charge is 0.231 e. The number of hydrogen-bond donors (Lipinski definition) is 1. The molecule has 144 valence electrons. The minimum Gasteiger partial charge on any atom is -0.496 e. The molecule has 1 N–H and O–H groups in total. The van der Waals surface area contributed by atoms with Gasteiger partial charge in [-0.3, -0.25) is 9.78 Å². The third-order valence-electron chi connectivity index (χ3n) is 5.34. The Bertz CT molecular complexity index is 815. The van der Waals surface area contributed by atoms with Gasteiger partial charge in [-0.1, -0.05) is 28.1 Å². The van der Waals surface area contributed by atoms with Crippen molar-refractivity contribution in [1.82, 2.24) is 10.3 Å². The normalized spacial score (nSPS) is 16.0. The van der Waals surface area contributed by atoms with E-state index in [0.717, 1.165) is 32.6 Å². The van der Waals surface area contributed by atoms with Crippen LogP contribution in [0.2, 0.25) is 0 Å². The van der Waals surface area contributed by atoms with E-state index in [1.807, 2.05) is 38.1 Å². The average Bonchev–Trinajstić information content (AvgIpc) is 2.68. The zero-order valence-electron chi connectivity index (χ0n) is 16.0. The topological polar surface area (TPSA) is 60.5 Å². The largest absolute Gasteiger partial charge is 0.496 e. The Morgan fingerprint density at radius 3 is 2.56 bits per heavy atom. The van der Waals surface area contributed by atoms with Crippen LogP contribution in [-0.4, -0.2) is 31.2 Å². The van der Waals surface area contributed by atoms with Crippen molar-refractivity contribution in [3.63, 3.8) is 0 Å². The Kier molecular flexibility index (Phi) is 6.17. The van der Waals surface area contributed by atoms with Crippen molar-refractivity contribution in [2.24, 2.45) is 0 Å². The van der Waals surface area contributed by atoms with Crippen molar-refractivity contribution in [3.05, 3.63) is 57.3 Å². The number of ether oxygens (including phenoxy) is 2. The molecule has 6 heteroatoms. The van der Waals surface area contributed by atoms with Crippen LogP contribution in [0.3, 0.4) is 0 Å². The van der Waals surface area contributed by atoms with Gasteiger partial charge in [0.05, 0.1) is 24.8 Å². The summed E-state index contributed by atoms with van der Waals surface area (Å²) in [7, 11) is 1.66. The van der Waals surface area contributed by atoms with Gasteiger partial charge in [0.1, 0.15) is 5.75 Å². The van der Waals surface area contributed by atoms with E-state index in [-0.39, 0.29) is 5.91 Å². The number of methoxy groups -OCH3 is 1. The minimum absolute atomic E-state index is 0.0221. The van der Waals surface area contributed by atoms with Gasteiger partial charge in [0.25, 0.3) is 0 Å². The summed E-state index contributed by atoms with van der Waals surface area (Å²) in [5, 5.41) is 3.11. The molecule has 2 aromatic rings. The molecule has 1 fully saturated rings. The number of hydrogen-bond acceptors (Lipinski definition) is 4. The first kappa shape index (κ1) is 19.8. The molecule has 3 rings (SSSR count).